The van der Waals surface area contributed by atoms with E-state index in [-0.39, 0.29) is 15.5 Å². The van der Waals surface area contributed by atoms with E-state index in [9.17, 15) is 17.6 Å². The number of amides is 1. The first kappa shape index (κ1) is 24.5. The lowest BCUT2D eigenvalue weighted by molar-refractivity contribution is -0.116. The summed E-state index contributed by atoms with van der Waals surface area (Å²) in [6.45, 7) is -0.964. The first-order valence-electron chi connectivity index (χ1n) is 9.33. The van der Waals surface area contributed by atoms with Crippen molar-refractivity contribution in [3.05, 3.63) is 88.2 Å². The van der Waals surface area contributed by atoms with E-state index in [0.29, 0.717) is 10.7 Å². The molecular weight excluding hydrogens is 494 g/mol. The second kappa shape index (κ2) is 10.7. The summed E-state index contributed by atoms with van der Waals surface area (Å²) >= 11 is 13.5. The van der Waals surface area contributed by atoms with Gasteiger partial charge in [-0.3, -0.25) is 4.79 Å². The lowest BCUT2D eigenvalue weighted by Gasteiger charge is -2.23. The third kappa shape index (κ3) is 6.02. The highest BCUT2D eigenvalue weighted by molar-refractivity contribution is 7.98. The molecule has 0 unspecified atom stereocenters. The van der Waals surface area contributed by atoms with Gasteiger partial charge in [-0.25, -0.2) is 12.8 Å². The van der Waals surface area contributed by atoms with Gasteiger partial charge >= 0.3 is 0 Å². The van der Waals surface area contributed by atoms with Gasteiger partial charge in [-0.1, -0.05) is 35.3 Å². The van der Waals surface area contributed by atoms with Crippen molar-refractivity contribution in [3.8, 4) is 0 Å². The Morgan fingerprint density at radius 2 is 1.75 bits per heavy atom. The summed E-state index contributed by atoms with van der Waals surface area (Å²) in [5.74, 6) is -1.24. The first-order chi connectivity index (χ1) is 15.2. The molecule has 0 spiro atoms. The summed E-state index contributed by atoms with van der Waals surface area (Å²) in [7, 11) is -4.17. The van der Waals surface area contributed by atoms with Crippen molar-refractivity contribution >= 4 is 56.6 Å². The van der Waals surface area contributed by atoms with E-state index >= 15 is 0 Å². The Morgan fingerprint density at radius 1 is 1.06 bits per heavy atom. The molecule has 0 bridgehead atoms. The number of benzene rings is 3. The van der Waals surface area contributed by atoms with Crippen LogP contribution >= 0.6 is 35.0 Å². The number of carbonyl (C=O) groups excluding carboxylic acids is 1. The fraction of sp³-hybridized carbons (Fsp3) is 0.136. The van der Waals surface area contributed by atoms with Crippen LogP contribution in [-0.4, -0.2) is 31.4 Å². The molecule has 0 saturated carbocycles. The molecule has 0 fully saturated rings. The average molecular weight is 513 g/mol. The molecule has 5 nitrogen and oxygen atoms in total. The highest BCUT2D eigenvalue weighted by Crippen LogP contribution is 2.26. The van der Waals surface area contributed by atoms with Crippen molar-refractivity contribution in [2.75, 3.05) is 18.1 Å². The monoisotopic (exact) mass is 512 g/mol. The van der Waals surface area contributed by atoms with Crippen LogP contribution < -0.4 is 5.32 Å². The number of hydrogen-bond donors (Lipinski definition) is 1. The molecule has 0 heterocycles. The average Bonchev–Trinajstić information content (AvgIpc) is 2.76. The van der Waals surface area contributed by atoms with Gasteiger partial charge in [0.05, 0.1) is 11.4 Å². The van der Waals surface area contributed by atoms with Crippen LogP contribution in [0.1, 0.15) is 5.56 Å². The highest BCUT2D eigenvalue weighted by atomic mass is 35.5. The maximum atomic E-state index is 14.4. The molecule has 168 valence electrons. The Morgan fingerprint density at radius 3 is 2.41 bits per heavy atom. The van der Waals surface area contributed by atoms with Crippen LogP contribution in [0.25, 0.3) is 0 Å². The van der Waals surface area contributed by atoms with Crippen molar-refractivity contribution in [3.63, 3.8) is 0 Å². The van der Waals surface area contributed by atoms with Crippen molar-refractivity contribution in [2.24, 2.45) is 0 Å². The molecule has 0 aliphatic heterocycles. The molecular formula is C22H19Cl2FN2O3S2. The minimum absolute atomic E-state index is 0.0242. The van der Waals surface area contributed by atoms with E-state index in [1.54, 1.807) is 18.2 Å². The Bertz CT molecular complexity index is 1200. The van der Waals surface area contributed by atoms with Gasteiger partial charge in [0.1, 0.15) is 5.82 Å². The minimum atomic E-state index is -4.17. The molecule has 1 amide bonds. The lowest BCUT2D eigenvalue weighted by Crippen LogP contribution is -2.37. The third-order valence-corrected chi connectivity index (χ3v) is 7.66. The Balaban J connectivity index is 1.92. The van der Waals surface area contributed by atoms with E-state index in [2.05, 4.69) is 5.32 Å². The van der Waals surface area contributed by atoms with Crippen molar-refractivity contribution in [1.82, 2.24) is 4.31 Å². The van der Waals surface area contributed by atoms with Gasteiger partial charge in [-0.2, -0.15) is 4.31 Å². The molecule has 10 heteroatoms. The van der Waals surface area contributed by atoms with Gasteiger partial charge in [-0.15, -0.1) is 11.8 Å². The number of carbonyl (C=O) groups is 1. The molecule has 0 saturated heterocycles. The number of anilines is 1. The predicted molar refractivity (Wildman–Crippen MR) is 127 cm³/mol. The summed E-state index contributed by atoms with van der Waals surface area (Å²) in [6, 6.07) is 16.7. The zero-order valence-corrected chi connectivity index (χ0v) is 20.0. The molecule has 0 aromatic heterocycles. The summed E-state index contributed by atoms with van der Waals surface area (Å²) in [5.41, 5.74) is 0.499. The van der Waals surface area contributed by atoms with Crippen LogP contribution in [0.3, 0.4) is 0 Å². The van der Waals surface area contributed by atoms with Gasteiger partial charge in [0.25, 0.3) is 0 Å². The van der Waals surface area contributed by atoms with Gasteiger partial charge in [0.2, 0.25) is 15.9 Å². The summed E-state index contributed by atoms with van der Waals surface area (Å²) in [5, 5.41) is 3.11. The maximum Gasteiger partial charge on any atom is 0.243 e. The zero-order chi connectivity index (χ0) is 23.3. The summed E-state index contributed by atoms with van der Waals surface area (Å²) in [4.78, 5) is 13.6. The fourth-order valence-corrected chi connectivity index (χ4v) is 5.08. The molecule has 32 heavy (non-hydrogen) atoms. The number of sulfonamides is 1. The maximum absolute atomic E-state index is 14.4. The number of rotatable bonds is 8. The zero-order valence-electron chi connectivity index (χ0n) is 16.9. The van der Waals surface area contributed by atoms with Gasteiger partial charge in [0, 0.05) is 32.7 Å². The highest BCUT2D eigenvalue weighted by Gasteiger charge is 2.28. The molecule has 3 rings (SSSR count). The normalized spacial score (nSPS) is 11.5. The number of nitrogens with zero attached hydrogens (tertiary/aromatic N) is 1. The second-order valence-corrected chi connectivity index (χ2v) is 10.4. The Kier molecular flexibility index (Phi) is 8.19. The van der Waals surface area contributed by atoms with Gasteiger partial charge in [0.15, 0.2) is 0 Å². The van der Waals surface area contributed by atoms with E-state index in [1.165, 1.54) is 54.2 Å². The lowest BCUT2D eigenvalue weighted by atomic mass is 10.2. The minimum Gasteiger partial charge on any atom is -0.325 e. The van der Waals surface area contributed by atoms with E-state index in [1.807, 2.05) is 12.3 Å². The molecule has 0 radical (unpaired) electrons. The molecule has 0 atom stereocenters. The number of hydrogen-bond acceptors (Lipinski definition) is 4. The quantitative estimate of drug-likeness (QED) is 0.394. The van der Waals surface area contributed by atoms with E-state index < -0.39 is 34.8 Å². The number of nitrogens with one attached hydrogen (secondary N) is 1. The topological polar surface area (TPSA) is 66.5 Å². The molecule has 3 aromatic rings. The van der Waals surface area contributed by atoms with E-state index in [4.69, 9.17) is 23.2 Å². The van der Waals surface area contributed by atoms with E-state index in [0.717, 1.165) is 9.20 Å². The van der Waals surface area contributed by atoms with Crippen LogP contribution in [0.4, 0.5) is 10.1 Å². The molecule has 3 aromatic carbocycles. The van der Waals surface area contributed by atoms with Gasteiger partial charge < -0.3 is 5.32 Å². The first-order valence-corrected chi connectivity index (χ1v) is 12.8. The third-order valence-electron chi connectivity index (χ3n) is 4.52. The SMILES string of the molecule is CSc1cccc(NC(=O)CN(Cc2c(F)cccc2Cl)S(=O)(=O)c2ccc(Cl)cc2)c1. The van der Waals surface area contributed by atoms with Crippen LogP contribution in [-0.2, 0) is 21.4 Å². The van der Waals surface area contributed by atoms with Crippen molar-refractivity contribution in [2.45, 2.75) is 16.3 Å². The second-order valence-electron chi connectivity index (χ2n) is 6.71. The smallest absolute Gasteiger partial charge is 0.243 e. The van der Waals surface area contributed by atoms with Crippen molar-refractivity contribution < 1.29 is 17.6 Å². The van der Waals surface area contributed by atoms with Crippen LogP contribution in [0, 0.1) is 5.82 Å². The Hall–Kier alpha value is -2.10. The summed E-state index contributed by atoms with van der Waals surface area (Å²) in [6.07, 6.45) is 1.90. The molecule has 0 aliphatic rings. The fourth-order valence-electron chi connectivity index (χ4n) is 2.90. The van der Waals surface area contributed by atoms with Crippen LogP contribution in [0.15, 0.2) is 76.5 Å². The molecule has 0 aliphatic carbocycles. The number of thioether (sulfide) groups is 1. The van der Waals surface area contributed by atoms with Crippen LogP contribution in [0.5, 0.6) is 0 Å². The van der Waals surface area contributed by atoms with Crippen LogP contribution in [0.2, 0.25) is 10.0 Å². The number of halogens is 3. The molecule has 1 N–H and O–H groups in total. The van der Waals surface area contributed by atoms with Crippen molar-refractivity contribution in [1.29, 1.82) is 0 Å². The Labute approximate surface area is 200 Å². The largest absolute Gasteiger partial charge is 0.325 e. The summed E-state index contributed by atoms with van der Waals surface area (Å²) < 4.78 is 41.9. The van der Waals surface area contributed by atoms with Gasteiger partial charge in [-0.05, 0) is 60.9 Å². The standard InChI is InChI=1S/C22H19Cl2FN2O3S2/c1-31-17-5-2-4-16(12-17)26-22(28)14-27(13-19-20(24)6-3-7-21(19)25)32(29,30)18-10-8-15(23)9-11-18/h2-12H,13-14H2,1H3,(H,26,28). The predicted octanol–water partition coefficient (Wildman–Crippen LogP) is 5.68.